The van der Waals surface area contributed by atoms with Crippen LogP contribution in [0.4, 0.5) is 0 Å². The van der Waals surface area contributed by atoms with Gasteiger partial charge in [0.1, 0.15) is 10.5 Å². The lowest BCUT2D eigenvalue weighted by Gasteiger charge is -2.05. The van der Waals surface area contributed by atoms with E-state index >= 15 is 0 Å². The molecule has 0 fully saturated rings. The predicted octanol–water partition coefficient (Wildman–Crippen LogP) is 3.56. The van der Waals surface area contributed by atoms with Crippen LogP contribution in [0.3, 0.4) is 0 Å². The molecule has 3 aromatic rings. The van der Waals surface area contributed by atoms with Crippen LogP contribution in [0, 0.1) is 4.64 Å². The summed E-state index contributed by atoms with van der Waals surface area (Å²) in [6.07, 6.45) is 1.80. The van der Waals surface area contributed by atoms with E-state index in [-0.39, 0.29) is 0 Å². The Balaban J connectivity index is 2.11. The van der Waals surface area contributed by atoms with E-state index in [1.54, 1.807) is 30.7 Å². The summed E-state index contributed by atoms with van der Waals surface area (Å²) in [5.74, 6) is 0.724. The van der Waals surface area contributed by atoms with E-state index in [0.717, 1.165) is 27.3 Å². The second kappa shape index (κ2) is 5.16. The number of nitrogens with zero attached hydrogens (tertiary/aromatic N) is 2. The summed E-state index contributed by atoms with van der Waals surface area (Å²) in [6, 6.07) is 5.87. The Kier molecular flexibility index (Phi) is 3.37. The fraction of sp³-hybridized carbons (Fsp3) is 0.154. The molecule has 0 unspecified atom stereocenters. The summed E-state index contributed by atoms with van der Waals surface area (Å²) in [5, 5.41) is 2.03. The van der Waals surface area contributed by atoms with Gasteiger partial charge in [-0.3, -0.25) is 4.98 Å². The number of rotatable bonds is 3. The number of aromatic amines is 1. The Bertz CT molecular complexity index is 779. The molecular weight excluding hydrogens is 278 g/mol. The van der Waals surface area contributed by atoms with Crippen molar-refractivity contribution in [2.24, 2.45) is 0 Å². The molecule has 3 rings (SSSR count). The Morgan fingerprint density at radius 2 is 2.32 bits per heavy atom. The zero-order valence-corrected chi connectivity index (χ0v) is 11.8. The van der Waals surface area contributed by atoms with Gasteiger partial charge < -0.3 is 9.72 Å². The van der Waals surface area contributed by atoms with Crippen molar-refractivity contribution in [1.29, 1.82) is 0 Å². The minimum absolute atomic E-state index is 0.480. The summed E-state index contributed by atoms with van der Waals surface area (Å²) in [5.41, 5.74) is 2.84. The molecule has 0 aromatic carbocycles. The van der Waals surface area contributed by atoms with E-state index in [9.17, 15) is 0 Å². The van der Waals surface area contributed by atoms with E-state index in [2.05, 4.69) is 21.0 Å². The van der Waals surface area contributed by atoms with Gasteiger partial charge in [-0.2, -0.15) is 0 Å². The van der Waals surface area contributed by atoms with Gasteiger partial charge in [-0.1, -0.05) is 12.2 Å². The minimum Gasteiger partial charge on any atom is -0.378 e. The van der Waals surface area contributed by atoms with E-state index in [4.69, 9.17) is 17.0 Å². The van der Waals surface area contributed by atoms with Crippen molar-refractivity contribution < 1.29 is 4.74 Å². The average Bonchev–Trinajstić information content (AvgIpc) is 2.85. The van der Waals surface area contributed by atoms with Gasteiger partial charge in [0, 0.05) is 24.6 Å². The third-order valence-electron chi connectivity index (χ3n) is 2.67. The van der Waals surface area contributed by atoms with Crippen LogP contribution in [-0.4, -0.2) is 22.1 Å². The van der Waals surface area contributed by atoms with Crippen molar-refractivity contribution in [3.05, 3.63) is 40.1 Å². The van der Waals surface area contributed by atoms with E-state index in [1.807, 2.05) is 11.4 Å². The van der Waals surface area contributed by atoms with Crippen molar-refractivity contribution >= 4 is 33.8 Å². The van der Waals surface area contributed by atoms with Crippen LogP contribution in [0.15, 0.2) is 29.8 Å². The van der Waals surface area contributed by atoms with E-state index in [1.165, 1.54) is 0 Å². The molecule has 3 aromatic heterocycles. The largest absolute Gasteiger partial charge is 0.378 e. The predicted molar refractivity (Wildman–Crippen MR) is 78.7 cm³/mol. The number of thiophene rings is 1. The summed E-state index contributed by atoms with van der Waals surface area (Å²) in [7, 11) is 1.65. The number of ether oxygens (including phenoxy) is 1. The lowest BCUT2D eigenvalue weighted by molar-refractivity contribution is 0.181. The molecule has 0 saturated heterocycles. The molecule has 0 radical (unpaired) electrons. The molecule has 0 amide bonds. The molecular formula is C13H11N3OS2. The Morgan fingerprint density at radius 3 is 3.16 bits per heavy atom. The van der Waals surface area contributed by atoms with Crippen LogP contribution in [0.1, 0.15) is 5.69 Å². The highest BCUT2D eigenvalue weighted by atomic mass is 32.1. The molecule has 3 heterocycles. The lowest BCUT2D eigenvalue weighted by atomic mass is 10.2. The third kappa shape index (κ3) is 2.56. The van der Waals surface area contributed by atoms with Crippen molar-refractivity contribution in [2.45, 2.75) is 6.61 Å². The average molecular weight is 289 g/mol. The third-order valence-corrected chi connectivity index (χ3v) is 3.74. The van der Waals surface area contributed by atoms with Gasteiger partial charge >= 0.3 is 0 Å². The van der Waals surface area contributed by atoms with Crippen LogP contribution in [-0.2, 0) is 11.3 Å². The molecule has 19 heavy (non-hydrogen) atoms. The minimum atomic E-state index is 0.480. The quantitative estimate of drug-likeness (QED) is 0.749. The van der Waals surface area contributed by atoms with Gasteiger partial charge in [0.25, 0.3) is 0 Å². The van der Waals surface area contributed by atoms with Crippen molar-refractivity contribution in [3.63, 3.8) is 0 Å². The maximum absolute atomic E-state index is 5.18. The molecule has 1 N–H and O–H groups in total. The monoisotopic (exact) mass is 289 g/mol. The second-order valence-corrected chi connectivity index (χ2v) is 5.42. The maximum atomic E-state index is 5.18. The van der Waals surface area contributed by atoms with Crippen LogP contribution >= 0.6 is 23.6 Å². The Hall–Kier alpha value is -1.63. The highest BCUT2D eigenvalue weighted by molar-refractivity contribution is 7.71. The molecule has 0 aliphatic heterocycles. The van der Waals surface area contributed by atoms with Crippen molar-refractivity contribution in [1.82, 2.24) is 15.0 Å². The number of methoxy groups -OCH3 is 1. The van der Waals surface area contributed by atoms with Crippen LogP contribution < -0.4 is 0 Å². The summed E-state index contributed by atoms with van der Waals surface area (Å²) < 4.78 is 6.80. The molecule has 0 aliphatic rings. The molecule has 0 bridgehead atoms. The molecule has 4 nitrogen and oxygen atoms in total. The zero-order chi connectivity index (χ0) is 13.2. The molecule has 0 aliphatic carbocycles. The maximum Gasteiger partial charge on any atom is 0.140 e. The van der Waals surface area contributed by atoms with Gasteiger partial charge in [-0.05, 0) is 23.6 Å². The first kappa shape index (κ1) is 12.4. The Labute approximate surface area is 119 Å². The SMILES string of the molecule is COCc1cc(=S)nc(-c2cnc3ccsc3c2)[nH]1. The standard InChI is InChI=1S/C13H11N3OS2/c1-17-7-9-5-12(18)16-13(15-9)8-4-11-10(14-6-8)2-3-19-11/h2-6H,7H2,1H3,(H,15,16,18). The van der Waals surface area contributed by atoms with E-state index < -0.39 is 0 Å². The van der Waals surface area contributed by atoms with Gasteiger partial charge in [0.15, 0.2) is 0 Å². The first-order chi connectivity index (χ1) is 9.26. The second-order valence-electron chi connectivity index (χ2n) is 4.05. The number of fused-ring (bicyclic) bond motifs is 1. The van der Waals surface area contributed by atoms with Crippen LogP contribution in [0.2, 0.25) is 0 Å². The fourth-order valence-corrected chi connectivity index (χ4v) is 2.87. The highest BCUT2D eigenvalue weighted by Crippen LogP contribution is 2.24. The Morgan fingerprint density at radius 1 is 1.42 bits per heavy atom. The number of pyridine rings is 1. The number of aromatic nitrogens is 3. The molecule has 6 heteroatoms. The number of hydrogen-bond acceptors (Lipinski definition) is 5. The van der Waals surface area contributed by atoms with Crippen LogP contribution in [0.25, 0.3) is 21.6 Å². The molecule has 0 atom stereocenters. The topological polar surface area (TPSA) is 50.8 Å². The van der Waals surface area contributed by atoms with Gasteiger partial charge in [0.05, 0.1) is 16.8 Å². The van der Waals surface area contributed by atoms with Gasteiger partial charge in [-0.25, -0.2) is 4.98 Å². The molecule has 96 valence electrons. The number of nitrogens with one attached hydrogen (secondary N) is 1. The van der Waals surface area contributed by atoms with Crippen molar-refractivity contribution in [3.8, 4) is 11.4 Å². The fourth-order valence-electron chi connectivity index (χ4n) is 1.85. The normalized spacial score (nSPS) is 11.0. The van der Waals surface area contributed by atoms with Crippen LogP contribution in [0.5, 0.6) is 0 Å². The van der Waals surface area contributed by atoms with Gasteiger partial charge in [0.2, 0.25) is 0 Å². The first-order valence-corrected chi connectivity index (χ1v) is 6.98. The summed E-state index contributed by atoms with van der Waals surface area (Å²) in [4.78, 5) is 12.0. The molecule has 0 saturated carbocycles. The number of hydrogen-bond donors (Lipinski definition) is 1. The lowest BCUT2D eigenvalue weighted by Crippen LogP contribution is -1.97. The molecule has 0 spiro atoms. The van der Waals surface area contributed by atoms with Gasteiger partial charge in [-0.15, -0.1) is 11.3 Å². The summed E-state index contributed by atoms with van der Waals surface area (Å²) >= 11 is 6.84. The zero-order valence-electron chi connectivity index (χ0n) is 10.2. The number of H-pyrrole nitrogens is 1. The smallest absolute Gasteiger partial charge is 0.140 e. The van der Waals surface area contributed by atoms with E-state index in [0.29, 0.717) is 11.2 Å². The first-order valence-electron chi connectivity index (χ1n) is 5.69. The summed E-state index contributed by atoms with van der Waals surface area (Å²) in [6.45, 7) is 0.480. The van der Waals surface area contributed by atoms with Crippen molar-refractivity contribution in [2.75, 3.05) is 7.11 Å². The highest BCUT2D eigenvalue weighted by Gasteiger charge is 2.05.